The molecular formula is C17H19BrN6O3. The lowest BCUT2D eigenvalue weighted by Crippen LogP contribution is -2.37. The van der Waals surface area contributed by atoms with Crippen molar-refractivity contribution in [3.05, 3.63) is 55.1 Å². The molecule has 0 aliphatic rings. The van der Waals surface area contributed by atoms with Gasteiger partial charge in [0.1, 0.15) is 0 Å². The van der Waals surface area contributed by atoms with E-state index in [4.69, 9.17) is 4.74 Å². The fourth-order valence-corrected chi connectivity index (χ4v) is 2.91. The lowest BCUT2D eigenvalue weighted by atomic mass is 10.2. The number of hydrazone groups is 1. The van der Waals surface area contributed by atoms with E-state index in [1.54, 1.807) is 24.9 Å². The van der Waals surface area contributed by atoms with Gasteiger partial charge < -0.3 is 9.30 Å². The Morgan fingerprint density at radius 1 is 1.22 bits per heavy atom. The summed E-state index contributed by atoms with van der Waals surface area (Å²) in [6.07, 6.45) is 1.64. The Bertz CT molecular complexity index is 1110. The topological polar surface area (TPSA) is 95.4 Å². The molecule has 2 heterocycles. The van der Waals surface area contributed by atoms with Crippen LogP contribution in [0.1, 0.15) is 5.56 Å². The monoisotopic (exact) mass is 434 g/mol. The number of nitrogens with zero attached hydrogens (tertiary/aromatic N) is 5. The first-order valence-electron chi connectivity index (χ1n) is 8.14. The average Bonchev–Trinajstić information content (AvgIpc) is 3.03. The predicted molar refractivity (Wildman–Crippen MR) is 107 cm³/mol. The molecule has 9 nitrogen and oxygen atoms in total. The zero-order chi connectivity index (χ0) is 19.6. The normalized spacial score (nSPS) is 11.6. The fraction of sp³-hybridized carbons (Fsp3) is 0.294. The highest BCUT2D eigenvalue weighted by Gasteiger charge is 2.18. The molecule has 0 saturated carbocycles. The Balaban J connectivity index is 2.04. The summed E-state index contributed by atoms with van der Waals surface area (Å²) >= 11 is 3.38. The van der Waals surface area contributed by atoms with Gasteiger partial charge in [-0.1, -0.05) is 28.1 Å². The predicted octanol–water partition coefficient (Wildman–Crippen LogP) is 1.29. The van der Waals surface area contributed by atoms with Gasteiger partial charge in [0.2, 0.25) is 5.95 Å². The van der Waals surface area contributed by atoms with Crippen molar-refractivity contribution in [1.29, 1.82) is 0 Å². The van der Waals surface area contributed by atoms with Crippen molar-refractivity contribution in [2.24, 2.45) is 19.2 Å². The number of aromatic nitrogens is 4. The van der Waals surface area contributed by atoms with Crippen molar-refractivity contribution in [3.8, 4) is 0 Å². The average molecular weight is 435 g/mol. The van der Waals surface area contributed by atoms with Gasteiger partial charge in [-0.25, -0.2) is 10.2 Å². The van der Waals surface area contributed by atoms with Crippen LogP contribution >= 0.6 is 15.9 Å². The van der Waals surface area contributed by atoms with Crippen molar-refractivity contribution in [2.75, 3.05) is 19.1 Å². The van der Waals surface area contributed by atoms with Crippen LogP contribution in [0.15, 0.2) is 43.4 Å². The number of hydrogen-bond acceptors (Lipinski definition) is 6. The number of imidazole rings is 1. The zero-order valence-electron chi connectivity index (χ0n) is 15.1. The first-order chi connectivity index (χ1) is 12.9. The van der Waals surface area contributed by atoms with Crippen LogP contribution in [0, 0.1) is 0 Å². The van der Waals surface area contributed by atoms with E-state index in [0.717, 1.165) is 14.6 Å². The van der Waals surface area contributed by atoms with Crippen LogP contribution in [0.2, 0.25) is 0 Å². The van der Waals surface area contributed by atoms with Gasteiger partial charge in [-0.2, -0.15) is 10.1 Å². The minimum atomic E-state index is -0.436. The standard InChI is InChI=1S/C17H19BrN6O3/c1-22-14-13(15(25)23(2)17(22)26)24(8-9-27-3)16(20-14)21-19-10-11-4-6-12(18)7-5-11/h4-7,10H,8-9H2,1-3H3,(H,20,21)/b19-10-. The van der Waals surface area contributed by atoms with E-state index in [0.29, 0.717) is 30.3 Å². The summed E-state index contributed by atoms with van der Waals surface area (Å²) < 4.78 is 10.2. The minimum Gasteiger partial charge on any atom is -0.383 e. The Labute approximate surface area is 163 Å². The van der Waals surface area contributed by atoms with Crippen LogP contribution in [0.5, 0.6) is 0 Å². The van der Waals surface area contributed by atoms with E-state index in [-0.39, 0.29) is 0 Å². The maximum Gasteiger partial charge on any atom is 0.332 e. The third kappa shape index (κ3) is 3.71. The summed E-state index contributed by atoms with van der Waals surface area (Å²) in [6, 6.07) is 7.63. The Morgan fingerprint density at radius 2 is 1.93 bits per heavy atom. The maximum absolute atomic E-state index is 12.6. The molecular weight excluding hydrogens is 416 g/mol. The zero-order valence-corrected chi connectivity index (χ0v) is 16.7. The highest BCUT2D eigenvalue weighted by molar-refractivity contribution is 9.10. The summed E-state index contributed by atoms with van der Waals surface area (Å²) in [5, 5.41) is 4.20. The summed E-state index contributed by atoms with van der Waals surface area (Å²) in [5.41, 5.74) is 3.51. The molecule has 0 aliphatic heterocycles. The molecule has 1 aromatic carbocycles. The molecule has 3 aromatic rings. The molecule has 0 atom stereocenters. The van der Waals surface area contributed by atoms with Gasteiger partial charge in [0, 0.05) is 32.2 Å². The highest BCUT2D eigenvalue weighted by atomic mass is 79.9. The lowest BCUT2D eigenvalue weighted by Gasteiger charge is -2.08. The van der Waals surface area contributed by atoms with E-state index < -0.39 is 11.2 Å². The largest absolute Gasteiger partial charge is 0.383 e. The molecule has 0 amide bonds. The second-order valence-corrected chi connectivity index (χ2v) is 6.80. The van der Waals surface area contributed by atoms with Crippen LogP contribution in [-0.4, -0.2) is 38.6 Å². The Morgan fingerprint density at radius 3 is 2.59 bits per heavy atom. The van der Waals surface area contributed by atoms with Gasteiger partial charge in [0.25, 0.3) is 5.56 Å². The van der Waals surface area contributed by atoms with E-state index >= 15 is 0 Å². The molecule has 142 valence electrons. The second-order valence-electron chi connectivity index (χ2n) is 5.88. The van der Waals surface area contributed by atoms with Crippen molar-refractivity contribution < 1.29 is 4.74 Å². The number of aryl methyl sites for hydroxylation is 1. The van der Waals surface area contributed by atoms with Crippen LogP contribution in [-0.2, 0) is 25.4 Å². The number of methoxy groups -OCH3 is 1. The SMILES string of the molecule is COCCn1c(N/N=C\c2ccc(Br)cc2)nc2c1c(=O)n(C)c(=O)n2C. The van der Waals surface area contributed by atoms with Gasteiger partial charge >= 0.3 is 5.69 Å². The van der Waals surface area contributed by atoms with Crippen molar-refractivity contribution >= 4 is 39.3 Å². The Kier molecular flexibility index (Phi) is 5.57. The minimum absolute atomic E-state index is 0.292. The van der Waals surface area contributed by atoms with Crippen LogP contribution < -0.4 is 16.7 Å². The number of nitrogens with one attached hydrogen (secondary N) is 1. The molecule has 0 saturated heterocycles. The number of rotatable bonds is 6. The molecule has 0 bridgehead atoms. The maximum atomic E-state index is 12.6. The Hall–Kier alpha value is -2.72. The van der Waals surface area contributed by atoms with Crippen LogP contribution in [0.25, 0.3) is 11.2 Å². The van der Waals surface area contributed by atoms with Gasteiger partial charge in [0.15, 0.2) is 11.2 Å². The van der Waals surface area contributed by atoms with Crippen LogP contribution in [0.3, 0.4) is 0 Å². The summed E-state index contributed by atoms with van der Waals surface area (Å²) in [7, 11) is 4.59. The number of benzene rings is 1. The second kappa shape index (κ2) is 7.89. The molecule has 0 spiro atoms. The van der Waals surface area contributed by atoms with E-state index in [9.17, 15) is 9.59 Å². The van der Waals surface area contributed by atoms with E-state index in [1.807, 2.05) is 24.3 Å². The number of ether oxygens (including phenoxy) is 1. The van der Waals surface area contributed by atoms with Crippen molar-refractivity contribution in [3.63, 3.8) is 0 Å². The van der Waals surface area contributed by atoms with E-state index in [2.05, 4.69) is 31.4 Å². The molecule has 0 unspecified atom stereocenters. The third-order valence-corrected chi connectivity index (χ3v) is 4.64. The van der Waals surface area contributed by atoms with Gasteiger partial charge in [-0.05, 0) is 17.7 Å². The number of anilines is 1. The number of halogens is 1. The van der Waals surface area contributed by atoms with Crippen molar-refractivity contribution in [2.45, 2.75) is 6.54 Å². The summed E-state index contributed by atoms with van der Waals surface area (Å²) in [6.45, 7) is 0.763. The lowest BCUT2D eigenvalue weighted by molar-refractivity contribution is 0.188. The quantitative estimate of drug-likeness (QED) is 0.465. The molecule has 2 aromatic heterocycles. The molecule has 0 aliphatic carbocycles. The molecule has 3 rings (SSSR count). The first-order valence-corrected chi connectivity index (χ1v) is 8.93. The molecule has 0 radical (unpaired) electrons. The first kappa shape index (κ1) is 19.1. The highest BCUT2D eigenvalue weighted by Crippen LogP contribution is 2.15. The van der Waals surface area contributed by atoms with Crippen molar-refractivity contribution in [1.82, 2.24) is 18.7 Å². The van der Waals surface area contributed by atoms with Crippen LogP contribution in [0.4, 0.5) is 5.95 Å². The van der Waals surface area contributed by atoms with Gasteiger partial charge in [-0.3, -0.25) is 13.9 Å². The fourth-order valence-electron chi connectivity index (χ4n) is 2.65. The third-order valence-electron chi connectivity index (χ3n) is 4.12. The number of hydrogen-bond donors (Lipinski definition) is 1. The summed E-state index contributed by atoms with van der Waals surface area (Å²) in [5.74, 6) is 0.355. The molecule has 27 heavy (non-hydrogen) atoms. The van der Waals surface area contributed by atoms with E-state index in [1.165, 1.54) is 11.6 Å². The molecule has 10 heteroatoms. The molecule has 0 fully saturated rings. The number of fused-ring (bicyclic) bond motifs is 1. The van der Waals surface area contributed by atoms with Gasteiger partial charge in [0.05, 0.1) is 12.8 Å². The van der Waals surface area contributed by atoms with Gasteiger partial charge in [-0.15, -0.1) is 0 Å². The molecule has 1 N–H and O–H groups in total. The smallest absolute Gasteiger partial charge is 0.332 e. The summed E-state index contributed by atoms with van der Waals surface area (Å²) in [4.78, 5) is 29.2.